The third kappa shape index (κ3) is 5.79. The Kier molecular flexibility index (Phi) is 7.83. The maximum Gasteiger partial charge on any atom is 0.164 e. The molecule has 0 atom stereocenters. The molecule has 1 aliphatic rings. The molecule has 8 aromatic rings. The van der Waals surface area contributed by atoms with E-state index >= 15 is 0 Å². The van der Waals surface area contributed by atoms with Crippen molar-refractivity contribution in [2.45, 2.75) is 19.3 Å². The van der Waals surface area contributed by atoms with Crippen LogP contribution in [0.3, 0.4) is 0 Å². The van der Waals surface area contributed by atoms with E-state index in [9.17, 15) is 5.26 Å². The molecule has 1 heterocycles. The van der Waals surface area contributed by atoms with Crippen LogP contribution in [0.15, 0.2) is 170 Å². The highest BCUT2D eigenvalue weighted by atomic mass is 15.0. The van der Waals surface area contributed by atoms with Crippen molar-refractivity contribution in [3.63, 3.8) is 0 Å². The van der Waals surface area contributed by atoms with Crippen molar-refractivity contribution in [2.24, 2.45) is 0 Å². The molecular formula is C49H34N4. The summed E-state index contributed by atoms with van der Waals surface area (Å²) in [7, 11) is 0. The van der Waals surface area contributed by atoms with Gasteiger partial charge in [-0.25, -0.2) is 15.0 Å². The van der Waals surface area contributed by atoms with Crippen molar-refractivity contribution >= 4 is 0 Å². The molecule has 0 amide bonds. The van der Waals surface area contributed by atoms with Gasteiger partial charge in [0.25, 0.3) is 0 Å². The minimum atomic E-state index is -0.141. The number of hydrogen-bond acceptors (Lipinski definition) is 4. The molecule has 1 aliphatic carbocycles. The van der Waals surface area contributed by atoms with E-state index in [0.29, 0.717) is 23.0 Å². The topological polar surface area (TPSA) is 62.5 Å². The normalized spacial score (nSPS) is 12.5. The lowest BCUT2D eigenvalue weighted by molar-refractivity contribution is 0.660. The Morgan fingerprint density at radius 1 is 0.377 bits per heavy atom. The van der Waals surface area contributed by atoms with Crippen LogP contribution in [0.25, 0.3) is 78.7 Å². The number of hydrogen-bond donors (Lipinski definition) is 0. The highest BCUT2D eigenvalue weighted by Gasteiger charge is 2.36. The van der Waals surface area contributed by atoms with Gasteiger partial charge in [-0.15, -0.1) is 0 Å². The highest BCUT2D eigenvalue weighted by molar-refractivity contribution is 5.93. The number of aromatic nitrogens is 3. The molecule has 0 aliphatic heterocycles. The van der Waals surface area contributed by atoms with Crippen LogP contribution in [0.5, 0.6) is 0 Å². The lowest BCUT2D eigenvalue weighted by Gasteiger charge is -2.23. The van der Waals surface area contributed by atoms with Crippen LogP contribution in [0, 0.1) is 11.3 Å². The zero-order chi connectivity index (χ0) is 35.9. The molecule has 0 fully saturated rings. The van der Waals surface area contributed by atoms with E-state index in [2.05, 4.69) is 117 Å². The molecule has 4 nitrogen and oxygen atoms in total. The predicted molar refractivity (Wildman–Crippen MR) is 215 cm³/mol. The van der Waals surface area contributed by atoms with Crippen LogP contribution in [-0.2, 0) is 5.41 Å². The maximum atomic E-state index is 9.53. The van der Waals surface area contributed by atoms with E-state index < -0.39 is 0 Å². The quantitative estimate of drug-likeness (QED) is 0.176. The fraction of sp³-hybridized carbons (Fsp3) is 0.0612. The first-order valence-corrected chi connectivity index (χ1v) is 17.8. The molecule has 0 saturated carbocycles. The molecule has 0 bridgehead atoms. The first-order chi connectivity index (χ1) is 26.0. The van der Waals surface area contributed by atoms with Crippen molar-refractivity contribution < 1.29 is 0 Å². The van der Waals surface area contributed by atoms with Gasteiger partial charge in [-0.1, -0.05) is 147 Å². The zero-order valence-electron chi connectivity index (χ0n) is 29.5. The molecular weight excluding hydrogens is 645 g/mol. The predicted octanol–water partition coefficient (Wildman–Crippen LogP) is 12.1. The van der Waals surface area contributed by atoms with E-state index in [-0.39, 0.29) is 5.41 Å². The average molecular weight is 679 g/mol. The van der Waals surface area contributed by atoms with Crippen LogP contribution in [0.4, 0.5) is 0 Å². The number of rotatable bonds is 6. The summed E-state index contributed by atoms with van der Waals surface area (Å²) in [6.45, 7) is 4.64. The molecule has 0 radical (unpaired) electrons. The first kappa shape index (κ1) is 32.0. The lowest BCUT2D eigenvalue weighted by atomic mass is 9.80. The van der Waals surface area contributed by atoms with Crippen LogP contribution in [0.2, 0.25) is 0 Å². The van der Waals surface area contributed by atoms with Crippen molar-refractivity contribution in [3.05, 3.63) is 187 Å². The Morgan fingerprint density at radius 2 is 0.868 bits per heavy atom. The Hall–Kier alpha value is -6.96. The average Bonchev–Trinajstić information content (AvgIpc) is 3.46. The van der Waals surface area contributed by atoms with Gasteiger partial charge in [0.1, 0.15) is 0 Å². The summed E-state index contributed by atoms with van der Waals surface area (Å²) in [6, 6.07) is 61.0. The van der Waals surface area contributed by atoms with Gasteiger partial charge in [-0.2, -0.15) is 5.26 Å². The van der Waals surface area contributed by atoms with E-state index in [4.69, 9.17) is 15.0 Å². The molecule has 1 aromatic heterocycles. The van der Waals surface area contributed by atoms with Gasteiger partial charge >= 0.3 is 0 Å². The van der Waals surface area contributed by atoms with Gasteiger partial charge in [-0.3, -0.25) is 0 Å². The largest absolute Gasteiger partial charge is 0.208 e. The second kappa shape index (κ2) is 13.0. The minimum absolute atomic E-state index is 0.141. The summed E-state index contributed by atoms with van der Waals surface area (Å²) >= 11 is 0. The van der Waals surface area contributed by atoms with Crippen molar-refractivity contribution in [1.29, 1.82) is 5.26 Å². The van der Waals surface area contributed by atoms with Crippen molar-refractivity contribution in [3.8, 4) is 84.7 Å². The highest BCUT2D eigenvalue weighted by Crippen LogP contribution is 2.52. The molecule has 7 aromatic carbocycles. The smallest absolute Gasteiger partial charge is 0.164 e. The third-order valence-corrected chi connectivity index (χ3v) is 10.4. The lowest BCUT2D eigenvalue weighted by Crippen LogP contribution is -2.15. The van der Waals surface area contributed by atoms with Crippen molar-refractivity contribution in [1.82, 2.24) is 15.0 Å². The fourth-order valence-corrected chi connectivity index (χ4v) is 7.59. The SMILES string of the molecule is CC1(C)c2ccccc2-c2cc(-c3ccc(C#N)cc3)c(-c3cccc(-c4cccc(-c5nc(-c6ccccc6)nc(-c6ccccc6)n5)c4)c3)cc21. The molecule has 250 valence electrons. The van der Waals surface area contributed by atoms with E-state index in [1.807, 2.05) is 72.8 Å². The Morgan fingerprint density at radius 3 is 1.49 bits per heavy atom. The summed E-state index contributed by atoms with van der Waals surface area (Å²) in [5, 5.41) is 9.53. The fourth-order valence-electron chi connectivity index (χ4n) is 7.59. The van der Waals surface area contributed by atoms with E-state index in [0.717, 1.165) is 50.1 Å². The molecule has 0 saturated heterocycles. The summed E-state index contributed by atoms with van der Waals surface area (Å²) in [5.74, 6) is 1.90. The Bertz CT molecular complexity index is 2630. The van der Waals surface area contributed by atoms with Gasteiger partial charge < -0.3 is 0 Å². The third-order valence-electron chi connectivity index (χ3n) is 10.4. The van der Waals surface area contributed by atoms with Crippen LogP contribution in [-0.4, -0.2) is 15.0 Å². The molecule has 0 N–H and O–H groups in total. The minimum Gasteiger partial charge on any atom is -0.208 e. The monoisotopic (exact) mass is 678 g/mol. The maximum absolute atomic E-state index is 9.53. The first-order valence-electron chi connectivity index (χ1n) is 17.8. The number of nitriles is 1. The number of benzene rings is 7. The summed E-state index contributed by atoms with van der Waals surface area (Å²) in [5.41, 5.74) is 15.2. The molecule has 9 rings (SSSR count). The van der Waals surface area contributed by atoms with Gasteiger partial charge in [-0.05, 0) is 92.0 Å². The molecule has 0 unspecified atom stereocenters. The summed E-state index contributed by atoms with van der Waals surface area (Å²) in [4.78, 5) is 14.8. The van der Waals surface area contributed by atoms with E-state index in [1.165, 1.54) is 22.3 Å². The summed E-state index contributed by atoms with van der Waals surface area (Å²) < 4.78 is 0. The Labute approximate surface area is 309 Å². The molecule has 0 spiro atoms. The van der Waals surface area contributed by atoms with Crippen molar-refractivity contribution in [2.75, 3.05) is 0 Å². The standard InChI is InChI=1S/C49H34N4/c1-49(2)44-22-10-9-21-40(44)43-29-41(33-25-23-32(31-50)24-26-33)42(30-45(43)49)38-19-11-17-36(27-38)37-18-12-20-39(28-37)48-52-46(34-13-5-3-6-14-34)51-47(53-48)35-15-7-4-8-16-35/h3-30H,1-2H3. The number of nitrogens with zero attached hydrogens (tertiary/aromatic N) is 4. The van der Waals surface area contributed by atoms with Gasteiger partial charge in [0, 0.05) is 22.1 Å². The Balaban J connectivity index is 1.17. The number of fused-ring (bicyclic) bond motifs is 3. The van der Waals surface area contributed by atoms with Crippen LogP contribution < -0.4 is 0 Å². The molecule has 53 heavy (non-hydrogen) atoms. The molecule has 4 heteroatoms. The van der Waals surface area contributed by atoms with Gasteiger partial charge in [0.2, 0.25) is 0 Å². The van der Waals surface area contributed by atoms with Crippen LogP contribution >= 0.6 is 0 Å². The van der Waals surface area contributed by atoms with E-state index in [1.54, 1.807) is 0 Å². The zero-order valence-corrected chi connectivity index (χ0v) is 29.5. The second-order valence-electron chi connectivity index (χ2n) is 14.0. The second-order valence-corrected chi connectivity index (χ2v) is 14.0. The van der Waals surface area contributed by atoms with Gasteiger partial charge in [0.15, 0.2) is 17.5 Å². The van der Waals surface area contributed by atoms with Gasteiger partial charge in [0.05, 0.1) is 11.6 Å². The summed E-state index contributed by atoms with van der Waals surface area (Å²) in [6.07, 6.45) is 0. The van der Waals surface area contributed by atoms with Crippen LogP contribution in [0.1, 0.15) is 30.5 Å².